The van der Waals surface area contributed by atoms with Crippen LogP contribution in [0.25, 0.3) is 0 Å². The lowest BCUT2D eigenvalue weighted by Crippen LogP contribution is -2.26. The minimum absolute atomic E-state index is 0. The molecule has 1 atom stereocenters. The van der Waals surface area contributed by atoms with E-state index in [0.29, 0.717) is 16.9 Å². The molecule has 0 aromatic rings. The molecule has 1 unspecified atom stereocenters. The number of allylic oxidation sites excluding steroid dienone is 1. The summed E-state index contributed by atoms with van der Waals surface area (Å²) in [5.41, 5.74) is 1.13. The van der Waals surface area contributed by atoms with E-state index < -0.39 is 0 Å². The topological polar surface area (TPSA) is 9.23 Å². The Bertz CT molecular complexity index is 283. The van der Waals surface area contributed by atoms with E-state index in [4.69, 9.17) is 4.74 Å². The molecule has 0 aromatic carbocycles. The van der Waals surface area contributed by atoms with Gasteiger partial charge in [-0.15, -0.1) is 6.58 Å². The highest BCUT2D eigenvalue weighted by molar-refractivity contribution is 4.82. The van der Waals surface area contributed by atoms with Crippen LogP contribution < -0.4 is 0 Å². The van der Waals surface area contributed by atoms with Gasteiger partial charge in [0.15, 0.2) is 0 Å². The molecule has 178 valence electrons. The Kier molecular flexibility index (Phi) is 32.1. The van der Waals surface area contributed by atoms with Gasteiger partial charge in [0.25, 0.3) is 0 Å². The number of ether oxygens (including phenoxy) is 1. The lowest BCUT2D eigenvalue weighted by Gasteiger charge is -2.27. The van der Waals surface area contributed by atoms with Gasteiger partial charge in [-0.2, -0.15) is 0 Å². The molecule has 0 saturated heterocycles. The molecule has 0 aliphatic carbocycles. The molecule has 0 amide bonds. The predicted molar refractivity (Wildman–Crippen MR) is 139 cm³/mol. The molecule has 0 saturated carbocycles. The van der Waals surface area contributed by atoms with Crippen LogP contribution in [0.5, 0.6) is 0 Å². The van der Waals surface area contributed by atoms with E-state index in [-0.39, 0.29) is 27.7 Å². The van der Waals surface area contributed by atoms with Gasteiger partial charge in [0.1, 0.15) is 0 Å². The van der Waals surface area contributed by atoms with Crippen molar-refractivity contribution in [2.75, 3.05) is 6.61 Å². The molecule has 0 radical (unpaired) electrons. The van der Waals surface area contributed by atoms with Crippen LogP contribution in [0.1, 0.15) is 137 Å². The van der Waals surface area contributed by atoms with E-state index >= 15 is 0 Å². The van der Waals surface area contributed by atoms with Crippen LogP contribution >= 0.6 is 0 Å². The third-order valence-electron chi connectivity index (χ3n) is 4.26. The monoisotopic (exact) mass is 404 g/mol. The third kappa shape index (κ3) is 44.8. The second-order valence-corrected chi connectivity index (χ2v) is 10.4. The zero-order valence-electron chi connectivity index (χ0n) is 20.0. The molecule has 0 fully saturated rings. The summed E-state index contributed by atoms with van der Waals surface area (Å²) in [6.07, 6.45) is 8.75. The van der Waals surface area contributed by atoms with E-state index in [0.717, 1.165) is 6.61 Å². The van der Waals surface area contributed by atoms with Crippen LogP contribution in [0, 0.1) is 16.2 Å². The highest BCUT2D eigenvalue weighted by atomic mass is 16.5. The van der Waals surface area contributed by atoms with E-state index in [9.17, 15) is 0 Å². The standard InChI is InChI=1S/C12H26O.C6H14.C6H12.3CH4/c1-6-7-8-9-10-13-11(2)12(3,4)5;2*1-5-6(2,3)4;;;/h11H,6-10H2,1-5H3;5H2,1-4H3;5H,1H2,2-4H3;3*1H4. The molecule has 0 N–H and O–H groups in total. The van der Waals surface area contributed by atoms with Crippen LogP contribution in [-0.4, -0.2) is 12.7 Å². The van der Waals surface area contributed by atoms with Gasteiger partial charge in [-0.25, -0.2) is 0 Å². The van der Waals surface area contributed by atoms with E-state index in [1.807, 2.05) is 6.08 Å². The van der Waals surface area contributed by atoms with Crippen molar-refractivity contribution >= 4 is 0 Å². The average Bonchev–Trinajstić information content (AvgIpc) is 2.45. The molecule has 28 heavy (non-hydrogen) atoms. The minimum Gasteiger partial charge on any atom is -0.378 e. The molecule has 0 spiro atoms. The van der Waals surface area contributed by atoms with Gasteiger partial charge in [-0.1, -0.05) is 130 Å². The summed E-state index contributed by atoms with van der Waals surface area (Å²) in [4.78, 5) is 0. The molecule has 1 heteroatoms. The second kappa shape index (κ2) is 21.4. The first-order valence-electron chi connectivity index (χ1n) is 10.4. The van der Waals surface area contributed by atoms with Gasteiger partial charge in [-0.3, -0.25) is 0 Å². The largest absolute Gasteiger partial charge is 0.378 e. The average molecular weight is 405 g/mol. The molecule has 0 aliphatic rings. The maximum Gasteiger partial charge on any atom is 0.0595 e. The van der Waals surface area contributed by atoms with Gasteiger partial charge in [-0.05, 0) is 29.6 Å². The zero-order valence-corrected chi connectivity index (χ0v) is 20.0. The van der Waals surface area contributed by atoms with Gasteiger partial charge in [0, 0.05) is 6.61 Å². The lowest BCUT2D eigenvalue weighted by atomic mass is 9.90. The van der Waals surface area contributed by atoms with Gasteiger partial charge >= 0.3 is 0 Å². The Hall–Kier alpha value is -0.300. The van der Waals surface area contributed by atoms with Crippen molar-refractivity contribution in [2.24, 2.45) is 16.2 Å². The number of hydrogen-bond acceptors (Lipinski definition) is 1. The molecule has 0 aromatic heterocycles. The van der Waals surface area contributed by atoms with E-state index in [1.165, 1.54) is 32.1 Å². The van der Waals surface area contributed by atoms with Crippen molar-refractivity contribution in [3.05, 3.63) is 12.7 Å². The molecule has 1 nitrogen and oxygen atoms in total. The molecule has 0 heterocycles. The summed E-state index contributed by atoms with van der Waals surface area (Å²) in [5, 5.41) is 0. The fourth-order valence-electron chi connectivity index (χ4n) is 1.04. The SMILES string of the molecule is C.C.C.C=CC(C)(C)C.CCC(C)(C)C.CCCCCCOC(C)C(C)(C)C. The van der Waals surface area contributed by atoms with Crippen LogP contribution in [0.4, 0.5) is 0 Å². The molecule has 0 rings (SSSR count). The first-order valence-corrected chi connectivity index (χ1v) is 10.4. The van der Waals surface area contributed by atoms with Crippen LogP contribution in [0.3, 0.4) is 0 Å². The van der Waals surface area contributed by atoms with Gasteiger partial charge in [0.2, 0.25) is 0 Å². The lowest BCUT2D eigenvalue weighted by molar-refractivity contribution is -0.00640. The number of unbranched alkanes of at least 4 members (excludes halogenated alkanes) is 3. The fourth-order valence-corrected chi connectivity index (χ4v) is 1.04. The highest BCUT2D eigenvalue weighted by Gasteiger charge is 2.19. The van der Waals surface area contributed by atoms with Crippen molar-refractivity contribution in [2.45, 2.75) is 144 Å². The maximum absolute atomic E-state index is 5.75. The van der Waals surface area contributed by atoms with Crippen LogP contribution in [0.2, 0.25) is 0 Å². The molecular weight excluding hydrogens is 340 g/mol. The third-order valence-corrected chi connectivity index (χ3v) is 4.26. The highest BCUT2D eigenvalue weighted by Crippen LogP contribution is 2.21. The van der Waals surface area contributed by atoms with Crippen LogP contribution in [-0.2, 0) is 4.74 Å². The van der Waals surface area contributed by atoms with Crippen molar-refractivity contribution in [1.29, 1.82) is 0 Å². The number of rotatable bonds is 6. The first kappa shape index (κ1) is 41.9. The normalized spacial score (nSPS) is 11.7. The Morgan fingerprint density at radius 2 is 1.14 bits per heavy atom. The van der Waals surface area contributed by atoms with Crippen molar-refractivity contribution in [1.82, 2.24) is 0 Å². The summed E-state index contributed by atoms with van der Waals surface area (Å²) in [7, 11) is 0. The zero-order chi connectivity index (χ0) is 20.7. The number of hydrogen-bond donors (Lipinski definition) is 0. The first-order chi connectivity index (χ1) is 11.1. The molecule has 0 aliphatic heterocycles. The Balaban J connectivity index is -0.0000000690. The van der Waals surface area contributed by atoms with Crippen molar-refractivity contribution in [3.8, 4) is 0 Å². The van der Waals surface area contributed by atoms with Crippen LogP contribution in [0.15, 0.2) is 12.7 Å². The predicted octanol–water partition coefficient (Wildman–Crippen LogP) is 10.6. The van der Waals surface area contributed by atoms with E-state index in [2.05, 4.69) is 89.7 Å². The summed E-state index contributed by atoms with van der Waals surface area (Å²) in [6, 6.07) is 0. The van der Waals surface area contributed by atoms with Crippen molar-refractivity contribution in [3.63, 3.8) is 0 Å². The smallest absolute Gasteiger partial charge is 0.0595 e. The van der Waals surface area contributed by atoms with E-state index in [1.54, 1.807) is 0 Å². The summed E-state index contributed by atoms with van der Waals surface area (Å²) in [5.74, 6) is 0. The second-order valence-electron chi connectivity index (χ2n) is 10.4. The van der Waals surface area contributed by atoms with Gasteiger partial charge < -0.3 is 4.74 Å². The summed E-state index contributed by atoms with van der Waals surface area (Å²) < 4.78 is 5.75. The minimum atomic E-state index is 0. The quantitative estimate of drug-likeness (QED) is 0.316. The Morgan fingerprint density at radius 3 is 1.36 bits per heavy atom. The Labute approximate surface area is 184 Å². The summed E-state index contributed by atoms with van der Waals surface area (Å²) >= 11 is 0. The molecule has 0 bridgehead atoms. The van der Waals surface area contributed by atoms with Crippen molar-refractivity contribution < 1.29 is 4.74 Å². The molecular formula is C27H64O. The fraction of sp³-hybridized carbons (Fsp3) is 0.926. The maximum atomic E-state index is 5.75. The van der Waals surface area contributed by atoms with Gasteiger partial charge in [0.05, 0.1) is 6.10 Å². The Morgan fingerprint density at radius 1 is 0.786 bits per heavy atom. The summed E-state index contributed by atoms with van der Waals surface area (Å²) in [6.45, 7) is 31.0.